The van der Waals surface area contributed by atoms with Gasteiger partial charge in [-0.1, -0.05) is 6.07 Å². The number of tetrazole rings is 1. The van der Waals surface area contributed by atoms with E-state index in [1.165, 1.54) is 23.2 Å². The molecule has 27 heavy (non-hydrogen) atoms. The minimum atomic E-state index is -0.229. The van der Waals surface area contributed by atoms with Crippen molar-refractivity contribution in [2.45, 2.75) is 39.8 Å². The number of nitrogens with zero attached hydrogens (tertiary/aromatic N) is 5. The van der Waals surface area contributed by atoms with Gasteiger partial charge in [-0.15, -0.1) is 21.5 Å². The normalized spacial score (nSPS) is 10.9. The lowest BCUT2D eigenvalue weighted by Crippen LogP contribution is -2.14. The summed E-state index contributed by atoms with van der Waals surface area (Å²) in [6, 6.07) is 5.70. The third-order valence-electron chi connectivity index (χ3n) is 4.34. The molecule has 9 heteroatoms. The highest BCUT2D eigenvalue weighted by Gasteiger charge is 2.18. The second-order valence-electron chi connectivity index (χ2n) is 6.16. The Morgan fingerprint density at radius 1 is 1.30 bits per heavy atom. The summed E-state index contributed by atoms with van der Waals surface area (Å²) in [5, 5.41) is 14.2. The Balaban J connectivity index is 1.68. The van der Waals surface area contributed by atoms with E-state index in [-0.39, 0.29) is 18.3 Å². The van der Waals surface area contributed by atoms with Crippen LogP contribution in [-0.2, 0) is 22.6 Å². The largest absolute Gasteiger partial charge is 0.469 e. The summed E-state index contributed by atoms with van der Waals surface area (Å²) in [6.07, 6.45) is 1.01. The highest BCUT2D eigenvalue weighted by molar-refractivity contribution is 7.13. The number of esters is 1. The van der Waals surface area contributed by atoms with Crippen molar-refractivity contribution in [3.8, 4) is 10.7 Å². The number of ketones is 1. The first-order chi connectivity index (χ1) is 13.0. The molecule has 3 aromatic heterocycles. The molecular formula is C18H21N5O3S. The summed E-state index contributed by atoms with van der Waals surface area (Å²) < 4.78 is 6.71. The molecule has 0 spiro atoms. The van der Waals surface area contributed by atoms with Crippen LogP contribution in [0.2, 0.25) is 0 Å². The molecule has 0 atom stereocenters. The third-order valence-corrected chi connectivity index (χ3v) is 5.21. The van der Waals surface area contributed by atoms with Crippen molar-refractivity contribution in [3.05, 3.63) is 40.5 Å². The van der Waals surface area contributed by atoms with Crippen LogP contribution in [0.3, 0.4) is 0 Å². The monoisotopic (exact) mass is 387 g/mol. The second-order valence-corrected chi connectivity index (χ2v) is 7.11. The lowest BCUT2D eigenvalue weighted by Gasteiger charge is -2.09. The number of carbonyl (C=O) groups excluding carboxylic acids is 2. The van der Waals surface area contributed by atoms with E-state index in [9.17, 15) is 9.59 Å². The fourth-order valence-corrected chi connectivity index (χ4v) is 3.59. The number of carbonyl (C=O) groups is 2. The lowest BCUT2D eigenvalue weighted by molar-refractivity contribution is -0.140. The first-order valence-corrected chi connectivity index (χ1v) is 9.46. The van der Waals surface area contributed by atoms with E-state index in [1.54, 1.807) is 0 Å². The van der Waals surface area contributed by atoms with Gasteiger partial charge in [-0.25, -0.2) is 0 Å². The average Bonchev–Trinajstić information content (AvgIpc) is 3.37. The summed E-state index contributed by atoms with van der Waals surface area (Å²) in [4.78, 5) is 26.2. The summed E-state index contributed by atoms with van der Waals surface area (Å²) in [6.45, 7) is 4.55. The van der Waals surface area contributed by atoms with Gasteiger partial charge in [-0.2, -0.15) is 4.80 Å². The van der Waals surface area contributed by atoms with Crippen molar-refractivity contribution in [3.63, 3.8) is 0 Å². The molecule has 0 fully saturated rings. The lowest BCUT2D eigenvalue weighted by atomic mass is 10.1. The molecule has 0 aliphatic rings. The number of hydrogen-bond acceptors (Lipinski definition) is 7. The highest BCUT2D eigenvalue weighted by atomic mass is 32.1. The molecule has 0 aromatic carbocycles. The highest BCUT2D eigenvalue weighted by Crippen LogP contribution is 2.20. The van der Waals surface area contributed by atoms with Crippen LogP contribution in [0.15, 0.2) is 23.6 Å². The number of hydrogen-bond donors (Lipinski definition) is 0. The Kier molecular flexibility index (Phi) is 5.80. The number of methoxy groups -OCH3 is 1. The van der Waals surface area contributed by atoms with Gasteiger partial charge >= 0.3 is 5.97 Å². The maximum absolute atomic E-state index is 12.7. The van der Waals surface area contributed by atoms with Gasteiger partial charge < -0.3 is 9.30 Å². The van der Waals surface area contributed by atoms with Crippen LogP contribution >= 0.6 is 11.3 Å². The molecule has 142 valence electrons. The molecule has 0 N–H and O–H groups in total. The summed E-state index contributed by atoms with van der Waals surface area (Å²) in [5.74, 6) is 0.219. The van der Waals surface area contributed by atoms with Gasteiger partial charge in [-0.05, 0) is 43.0 Å². The van der Waals surface area contributed by atoms with Gasteiger partial charge in [0.2, 0.25) is 5.82 Å². The Hall–Kier alpha value is -2.81. The molecule has 0 radical (unpaired) electrons. The van der Waals surface area contributed by atoms with Crippen molar-refractivity contribution in [1.82, 2.24) is 24.8 Å². The molecule has 0 bridgehead atoms. The van der Waals surface area contributed by atoms with E-state index >= 15 is 0 Å². The predicted molar refractivity (Wildman–Crippen MR) is 101 cm³/mol. The number of ether oxygens (including phenoxy) is 1. The van der Waals surface area contributed by atoms with Gasteiger partial charge in [0.15, 0.2) is 5.78 Å². The maximum atomic E-state index is 12.7. The van der Waals surface area contributed by atoms with Crippen molar-refractivity contribution < 1.29 is 14.3 Å². The number of aryl methyl sites for hydroxylation is 1. The molecule has 0 saturated heterocycles. The van der Waals surface area contributed by atoms with Gasteiger partial charge in [0.1, 0.15) is 6.54 Å². The average molecular weight is 387 g/mol. The van der Waals surface area contributed by atoms with E-state index in [2.05, 4.69) is 20.1 Å². The Morgan fingerprint density at radius 2 is 2.11 bits per heavy atom. The van der Waals surface area contributed by atoms with Gasteiger partial charge in [-0.3, -0.25) is 9.59 Å². The third kappa shape index (κ3) is 4.30. The van der Waals surface area contributed by atoms with E-state index in [4.69, 9.17) is 0 Å². The van der Waals surface area contributed by atoms with E-state index in [0.717, 1.165) is 16.3 Å². The minimum Gasteiger partial charge on any atom is -0.469 e. The topological polar surface area (TPSA) is 91.9 Å². The summed E-state index contributed by atoms with van der Waals surface area (Å²) in [7, 11) is 1.38. The molecule has 0 amide bonds. The number of Topliss-reactive ketones (excluding diaryl/α,β-unsaturated/α-hetero) is 1. The zero-order valence-corrected chi connectivity index (χ0v) is 16.3. The van der Waals surface area contributed by atoms with E-state index in [0.29, 0.717) is 30.8 Å². The number of thiophene rings is 1. The van der Waals surface area contributed by atoms with Crippen molar-refractivity contribution in [2.75, 3.05) is 7.11 Å². The van der Waals surface area contributed by atoms with Crippen LogP contribution in [0.4, 0.5) is 0 Å². The SMILES string of the molecule is COC(=O)CCCn1c(C)cc(C(=O)Cn2nnc(-c3cccs3)n2)c1C. The summed E-state index contributed by atoms with van der Waals surface area (Å²) >= 11 is 1.52. The number of rotatable bonds is 8. The van der Waals surface area contributed by atoms with Crippen LogP contribution < -0.4 is 0 Å². The minimum absolute atomic E-state index is 0.0326. The Labute approximate surface area is 160 Å². The molecule has 3 rings (SSSR count). The van der Waals surface area contributed by atoms with Crippen LogP contribution in [0.5, 0.6) is 0 Å². The van der Waals surface area contributed by atoms with Crippen molar-refractivity contribution >= 4 is 23.1 Å². The molecule has 8 nitrogen and oxygen atoms in total. The van der Waals surface area contributed by atoms with Gasteiger partial charge in [0.25, 0.3) is 0 Å². The van der Waals surface area contributed by atoms with Crippen molar-refractivity contribution in [2.24, 2.45) is 0 Å². The van der Waals surface area contributed by atoms with Crippen LogP contribution in [-0.4, -0.2) is 43.6 Å². The first kappa shape index (κ1) is 19.0. The Morgan fingerprint density at radius 3 is 2.81 bits per heavy atom. The van der Waals surface area contributed by atoms with Crippen LogP contribution in [0.25, 0.3) is 10.7 Å². The standard InChI is InChI=1S/C18H21N5O3S/c1-12-10-14(13(2)22(12)8-4-7-17(25)26-3)15(24)11-23-20-18(19-21-23)16-6-5-9-27-16/h5-6,9-10H,4,7-8,11H2,1-3H3. The van der Waals surface area contributed by atoms with Gasteiger partial charge in [0.05, 0.1) is 12.0 Å². The summed E-state index contributed by atoms with van der Waals surface area (Å²) in [5.41, 5.74) is 2.49. The van der Waals surface area contributed by atoms with Crippen molar-refractivity contribution in [1.29, 1.82) is 0 Å². The fourth-order valence-electron chi connectivity index (χ4n) is 2.94. The molecule has 0 aliphatic heterocycles. The van der Waals surface area contributed by atoms with E-state index < -0.39 is 0 Å². The van der Waals surface area contributed by atoms with E-state index in [1.807, 2.05) is 42.0 Å². The molecule has 3 heterocycles. The zero-order chi connectivity index (χ0) is 19.4. The Bertz CT molecular complexity index is 943. The second kappa shape index (κ2) is 8.26. The quantitative estimate of drug-likeness (QED) is 0.436. The molecule has 0 unspecified atom stereocenters. The fraction of sp³-hybridized carbons (Fsp3) is 0.389. The molecule has 0 aliphatic carbocycles. The van der Waals surface area contributed by atoms with Crippen LogP contribution in [0, 0.1) is 13.8 Å². The molecule has 3 aromatic rings. The predicted octanol–water partition coefficient (Wildman–Crippen LogP) is 2.66. The first-order valence-electron chi connectivity index (χ1n) is 8.58. The zero-order valence-electron chi connectivity index (χ0n) is 15.5. The molecular weight excluding hydrogens is 366 g/mol. The van der Waals surface area contributed by atoms with Gasteiger partial charge in [0, 0.05) is 29.9 Å². The molecule has 0 saturated carbocycles. The van der Waals surface area contributed by atoms with Crippen LogP contribution in [0.1, 0.15) is 34.6 Å². The maximum Gasteiger partial charge on any atom is 0.305 e. The smallest absolute Gasteiger partial charge is 0.305 e. The number of aromatic nitrogens is 5.